The molecule has 0 aliphatic carbocycles. The Hall–Kier alpha value is -2.70. The molecule has 0 spiro atoms. The van der Waals surface area contributed by atoms with Crippen LogP contribution in [0.1, 0.15) is 71.6 Å². The van der Waals surface area contributed by atoms with Gasteiger partial charge in [-0.3, -0.25) is 0 Å². The number of nitrogens with one attached hydrogen (secondary N) is 2. The smallest absolute Gasteiger partial charge is 0.341 e. The van der Waals surface area contributed by atoms with Crippen molar-refractivity contribution in [2.24, 2.45) is 0 Å². The van der Waals surface area contributed by atoms with E-state index in [1.807, 2.05) is 24.3 Å². The van der Waals surface area contributed by atoms with Crippen LogP contribution in [0.2, 0.25) is 0 Å². The van der Waals surface area contributed by atoms with Crippen LogP contribution < -0.4 is 10.6 Å². The highest BCUT2D eigenvalue weighted by atomic mass is 32.1. The normalized spacial score (nSPS) is 11.8. The molecule has 3 aromatic rings. The molecule has 0 radical (unpaired) electrons. The lowest BCUT2D eigenvalue weighted by atomic mass is 10.00. The van der Waals surface area contributed by atoms with Crippen molar-refractivity contribution in [2.75, 3.05) is 11.9 Å². The first-order chi connectivity index (χ1) is 15.4. The van der Waals surface area contributed by atoms with Crippen molar-refractivity contribution in [3.8, 4) is 0 Å². The summed E-state index contributed by atoms with van der Waals surface area (Å²) < 4.78 is 5.26. The summed E-state index contributed by atoms with van der Waals surface area (Å²) in [4.78, 5) is 13.6. The number of rotatable bonds is 8. The van der Waals surface area contributed by atoms with Crippen LogP contribution in [-0.4, -0.2) is 17.7 Å². The van der Waals surface area contributed by atoms with Crippen LogP contribution in [0, 0.1) is 0 Å². The monoisotopic (exact) mass is 466 g/mol. The Bertz CT molecular complexity index is 1040. The molecule has 1 heterocycles. The molecule has 0 saturated heterocycles. The maximum Gasteiger partial charge on any atom is 0.341 e. The summed E-state index contributed by atoms with van der Waals surface area (Å²) in [5.74, 6) is 0.158. The topological polar surface area (TPSA) is 50.4 Å². The minimum atomic E-state index is -0.342. The highest BCUT2D eigenvalue weighted by Gasteiger charge is 2.19. The molecule has 3 rings (SSSR count). The number of thiophene rings is 1. The average Bonchev–Trinajstić information content (AvgIpc) is 3.16. The van der Waals surface area contributed by atoms with E-state index in [-0.39, 0.29) is 12.0 Å². The van der Waals surface area contributed by atoms with Crippen molar-refractivity contribution in [1.29, 1.82) is 0 Å². The first-order valence-corrected chi connectivity index (χ1v) is 12.1. The summed E-state index contributed by atoms with van der Waals surface area (Å²) >= 11 is 7.09. The van der Waals surface area contributed by atoms with E-state index in [9.17, 15) is 4.79 Å². The van der Waals surface area contributed by atoms with Crippen LogP contribution in [0.15, 0.2) is 60.7 Å². The van der Waals surface area contributed by atoms with Gasteiger partial charge in [-0.2, -0.15) is 0 Å². The Morgan fingerprint density at radius 1 is 1.03 bits per heavy atom. The molecule has 2 N–H and O–H groups in total. The Balaban J connectivity index is 1.72. The summed E-state index contributed by atoms with van der Waals surface area (Å²) in [6.07, 6.45) is 0.748. The van der Waals surface area contributed by atoms with Crippen LogP contribution in [0.3, 0.4) is 0 Å². The van der Waals surface area contributed by atoms with Crippen LogP contribution in [0.5, 0.6) is 0 Å². The van der Waals surface area contributed by atoms with E-state index >= 15 is 0 Å². The molecule has 1 unspecified atom stereocenters. The number of ether oxygens (including phenoxy) is 1. The maximum absolute atomic E-state index is 12.5. The van der Waals surface area contributed by atoms with Gasteiger partial charge in [0.05, 0.1) is 18.2 Å². The predicted molar refractivity (Wildman–Crippen MR) is 138 cm³/mol. The van der Waals surface area contributed by atoms with Gasteiger partial charge in [0.15, 0.2) is 5.11 Å². The standard InChI is InChI=1S/C26H30N2O2S2/c1-5-30-25(29)23-16-22(15-19-9-7-6-8-10-19)32-24(23)28-26(31)27-18(4)21-13-11-20(12-14-21)17(2)3/h6-14,16-18H,5,15H2,1-4H3,(H2,27,28,31). The third-order valence-electron chi connectivity index (χ3n) is 5.18. The summed E-state index contributed by atoms with van der Waals surface area (Å²) in [7, 11) is 0. The first kappa shape index (κ1) is 24.0. The SMILES string of the molecule is CCOC(=O)c1cc(Cc2ccccc2)sc1NC(=S)NC(C)c1ccc(C(C)C)cc1. The van der Waals surface area contributed by atoms with Crippen molar-refractivity contribution in [3.05, 3.63) is 87.8 Å². The number of thiocarbonyl (C=S) groups is 1. The highest BCUT2D eigenvalue weighted by molar-refractivity contribution is 7.80. The number of carbonyl (C=O) groups excluding carboxylic acids is 1. The summed E-state index contributed by atoms with van der Waals surface area (Å²) in [6.45, 7) is 8.57. The lowest BCUT2D eigenvalue weighted by Crippen LogP contribution is -2.31. The van der Waals surface area contributed by atoms with Crippen molar-refractivity contribution in [3.63, 3.8) is 0 Å². The van der Waals surface area contributed by atoms with Crippen LogP contribution in [0.25, 0.3) is 0 Å². The summed E-state index contributed by atoms with van der Waals surface area (Å²) in [5, 5.41) is 7.73. The molecule has 1 aromatic heterocycles. The minimum absolute atomic E-state index is 0.0333. The average molecular weight is 467 g/mol. The minimum Gasteiger partial charge on any atom is -0.462 e. The van der Waals surface area contributed by atoms with E-state index in [2.05, 4.69) is 67.8 Å². The van der Waals surface area contributed by atoms with Gasteiger partial charge >= 0.3 is 5.97 Å². The zero-order valence-electron chi connectivity index (χ0n) is 19.0. The third-order valence-corrected chi connectivity index (χ3v) is 6.45. The molecule has 0 aliphatic heterocycles. The molecule has 1 atom stereocenters. The van der Waals surface area contributed by atoms with Gasteiger partial charge in [0, 0.05) is 11.3 Å². The Morgan fingerprint density at radius 2 is 1.69 bits per heavy atom. The number of carbonyl (C=O) groups is 1. The van der Waals surface area contributed by atoms with E-state index in [1.165, 1.54) is 22.5 Å². The molecule has 168 valence electrons. The zero-order chi connectivity index (χ0) is 23.1. The van der Waals surface area contributed by atoms with E-state index in [4.69, 9.17) is 17.0 Å². The second kappa shape index (κ2) is 11.2. The Labute approximate surface area is 200 Å². The number of anilines is 1. The zero-order valence-corrected chi connectivity index (χ0v) is 20.6. The Kier molecular flexibility index (Phi) is 8.42. The molecule has 0 amide bonds. The fraction of sp³-hybridized carbons (Fsp3) is 0.308. The number of benzene rings is 2. The number of hydrogen-bond donors (Lipinski definition) is 2. The molecule has 4 nitrogen and oxygen atoms in total. The van der Waals surface area contributed by atoms with Gasteiger partial charge in [0.2, 0.25) is 0 Å². The first-order valence-electron chi connectivity index (χ1n) is 10.9. The van der Waals surface area contributed by atoms with E-state index in [0.717, 1.165) is 16.9 Å². The molecule has 0 bridgehead atoms. The molecular weight excluding hydrogens is 436 g/mol. The van der Waals surface area contributed by atoms with Crippen molar-refractivity contribution < 1.29 is 9.53 Å². The molecule has 0 aliphatic rings. The largest absolute Gasteiger partial charge is 0.462 e. The fourth-order valence-corrected chi connectivity index (χ4v) is 4.79. The summed E-state index contributed by atoms with van der Waals surface area (Å²) in [5.41, 5.74) is 4.17. The molecule has 6 heteroatoms. The second-order valence-corrected chi connectivity index (χ2v) is 9.52. The van der Waals surface area contributed by atoms with Gasteiger partial charge in [-0.15, -0.1) is 11.3 Å². The van der Waals surface area contributed by atoms with Crippen molar-refractivity contribution >= 4 is 39.6 Å². The molecular formula is C26H30N2O2S2. The van der Waals surface area contributed by atoms with Gasteiger partial charge in [0.25, 0.3) is 0 Å². The molecule has 0 saturated carbocycles. The predicted octanol–water partition coefficient (Wildman–Crippen LogP) is 6.69. The van der Waals surface area contributed by atoms with Crippen LogP contribution in [0.4, 0.5) is 5.00 Å². The van der Waals surface area contributed by atoms with E-state index in [0.29, 0.717) is 28.2 Å². The van der Waals surface area contributed by atoms with Gasteiger partial charge in [-0.1, -0.05) is 68.4 Å². The van der Waals surface area contributed by atoms with Crippen LogP contribution >= 0.6 is 23.6 Å². The van der Waals surface area contributed by atoms with Gasteiger partial charge in [-0.05, 0) is 54.7 Å². The van der Waals surface area contributed by atoms with Gasteiger partial charge < -0.3 is 15.4 Å². The highest BCUT2D eigenvalue weighted by Crippen LogP contribution is 2.31. The lowest BCUT2D eigenvalue weighted by Gasteiger charge is -2.18. The Morgan fingerprint density at radius 3 is 2.31 bits per heavy atom. The molecule has 0 fully saturated rings. The van der Waals surface area contributed by atoms with Crippen molar-refractivity contribution in [2.45, 2.75) is 46.1 Å². The molecule has 2 aromatic carbocycles. The van der Waals surface area contributed by atoms with Crippen molar-refractivity contribution in [1.82, 2.24) is 5.32 Å². The van der Waals surface area contributed by atoms with Gasteiger partial charge in [-0.25, -0.2) is 4.79 Å². The van der Waals surface area contributed by atoms with E-state index < -0.39 is 0 Å². The maximum atomic E-state index is 12.5. The third kappa shape index (κ3) is 6.40. The number of esters is 1. The van der Waals surface area contributed by atoms with Gasteiger partial charge in [0.1, 0.15) is 5.00 Å². The van der Waals surface area contributed by atoms with E-state index in [1.54, 1.807) is 6.92 Å². The van der Waals surface area contributed by atoms with Crippen LogP contribution in [-0.2, 0) is 11.2 Å². The summed E-state index contributed by atoms with van der Waals surface area (Å²) in [6, 6.07) is 20.7. The quantitative estimate of drug-likeness (QED) is 0.286. The lowest BCUT2D eigenvalue weighted by molar-refractivity contribution is 0.0528. The molecule has 32 heavy (non-hydrogen) atoms. The fourth-order valence-electron chi connectivity index (χ4n) is 3.37. The number of hydrogen-bond acceptors (Lipinski definition) is 4. The second-order valence-electron chi connectivity index (χ2n) is 7.98.